The molecule has 0 bridgehead atoms. The van der Waals surface area contributed by atoms with Crippen LogP contribution in [-0.2, 0) is 14.8 Å². The summed E-state index contributed by atoms with van der Waals surface area (Å²) in [5.74, 6) is 0.355. The molecule has 0 unspecified atom stereocenters. The lowest BCUT2D eigenvalue weighted by molar-refractivity contribution is 0.0374. The van der Waals surface area contributed by atoms with Crippen molar-refractivity contribution in [2.45, 2.75) is 11.3 Å². The summed E-state index contributed by atoms with van der Waals surface area (Å²) in [6.45, 7) is 4.82. The Hall–Kier alpha value is -2.62. The number of anilines is 1. The molecule has 0 atom stereocenters. The SMILES string of the molecule is COc1ccc(S(=O)(=O)N(C)c2cccc(C(=O)NCCCN3CCOCC3)c2)cc1. The maximum absolute atomic E-state index is 12.9. The van der Waals surface area contributed by atoms with Gasteiger partial charge in [-0.05, 0) is 55.4 Å². The second-order valence-corrected chi connectivity index (χ2v) is 9.23. The molecule has 31 heavy (non-hydrogen) atoms. The first-order valence-electron chi connectivity index (χ1n) is 10.2. The summed E-state index contributed by atoms with van der Waals surface area (Å²) in [5, 5.41) is 2.91. The predicted molar refractivity (Wildman–Crippen MR) is 119 cm³/mol. The van der Waals surface area contributed by atoms with Gasteiger partial charge in [-0.2, -0.15) is 0 Å². The highest BCUT2D eigenvalue weighted by Crippen LogP contribution is 2.24. The van der Waals surface area contributed by atoms with E-state index in [4.69, 9.17) is 9.47 Å². The van der Waals surface area contributed by atoms with E-state index in [1.807, 2.05) is 0 Å². The molecule has 0 aliphatic carbocycles. The maximum Gasteiger partial charge on any atom is 0.264 e. The molecule has 1 fully saturated rings. The topological polar surface area (TPSA) is 88.2 Å². The molecule has 0 radical (unpaired) electrons. The molecular weight excluding hydrogens is 418 g/mol. The third kappa shape index (κ3) is 5.96. The summed E-state index contributed by atoms with van der Waals surface area (Å²) in [4.78, 5) is 15.0. The van der Waals surface area contributed by atoms with E-state index in [1.54, 1.807) is 36.4 Å². The second kappa shape index (κ2) is 10.6. The van der Waals surface area contributed by atoms with Crippen molar-refractivity contribution < 1.29 is 22.7 Å². The Balaban J connectivity index is 1.60. The number of carbonyl (C=O) groups is 1. The van der Waals surface area contributed by atoms with Crippen molar-refractivity contribution >= 4 is 21.6 Å². The number of morpholine rings is 1. The predicted octanol–water partition coefficient (Wildman–Crippen LogP) is 1.97. The van der Waals surface area contributed by atoms with E-state index in [9.17, 15) is 13.2 Å². The highest BCUT2D eigenvalue weighted by Gasteiger charge is 2.22. The molecule has 1 aliphatic heterocycles. The third-order valence-electron chi connectivity index (χ3n) is 5.23. The number of nitrogens with zero attached hydrogens (tertiary/aromatic N) is 2. The van der Waals surface area contributed by atoms with Crippen LogP contribution in [0, 0.1) is 0 Å². The fourth-order valence-electron chi connectivity index (χ4n) is 3.32. The van der Waals surface area contributed by atoms with Gasteiger partial charge in [-0.3, -0.25) is 14.0 Å². The van der Waals surface area contributed by atoms with E-state index < -0.39 is 10.0 Å². The van der Waals surface area contributed by atoms with Gasteiger partial charge in [0.1, 0.15) is 5.75 Å². The molecule has 1 aliphatic rings. The molecule has 2 aromatic rings. The van der Waals surface area contributed by atoms with E-state index in [1.165, 1.54) is 30.6 Å². The Labute approximate surface area is 183 Å². The average molecular weight is 448 g/mol. The van der Waals surface area contributed by atoms with Crippen LogP contribution in [0.15, 0.2) is 53.4 Å². The number of methoxy groups -OCH3 is 1. The summed E-state index contributed by atoms with van der Waals surface area (Å²) in [5.41, 5.74) is 0.831. The van der Waals surface area contributed by atoms with Gasteiger partial charge in [-0.1, -0.05) is 6.07 Å². The van der Waals surface area contributed by atoms with Gasteiger partial charge in [0.05, 0.1) is 30.9 Å². The van der Waals surface area contributed by atoms with Crippen LogP contribution in [-0.4, -0.2) is 72.8 Å². The van der Waals surface area contributed by atoms with Crippen LogP contribution in [0.3, 0.4) is 0 Å². The van der Waals surface area contributed by atoms with Crippen molar-refractivity contribution in [2.75, 3.05) is 57.9 Å². The first-order valence-corrected chi connectivity index (χ1v) is 11.7. The zero-order valence-electron chi connectivity index (χ0n) is 17.9. The van der Waals surface area contributed by atoms with Crippen molar-refractivity contribution in [3.63, 3.8) is 0 Å². The Morgan fingerprint density at radius 2 is 1.87 bits per heavy atom. The summed E-state index contributed by atoms with van der Waals surface area (Å²) < 4.78 is 37.5. The zero-order valence-corrected chi connectivity index (χ0v) is 18.7. The highest BCUT2D eigenvalue weighted by atomic mass is 32.2. The second-order valence-electron chi connectivity index (χ2n) is 7.26. The molecule has 0 aromatic heterocycles. The number of rotatable bonds is 9. The molecule has 2 aromatic carbocycles. The van der Waals surface area contributed by atoms with Crippen LogP contribution < -0.4 is 14.4 Å². The van der Waals surface area contributed by atoms with Gasteiger partial charge in [0, 0.05) is 32.2 Å². The van der Waals surface area contributed by atoms with E-state index in [0.29, 0.717) is 23.5 Å². The molecule has 8 nitrogen and oxygen atoms in total. The lowest BCUT2D eigenvalue weighted by Crippen LogP contribution is -2.38. The van der Waals surface area contributed by atoms with Gasteiger partial charge in [0.25, 0.3) is 15.9 Å². The Kier molecular flexibility index (Phi) is 7.89. The fraction of sp³-hybridized carbons (Fsp3) is 0.409. The third-order valence-corrected chi connectivity index (χ3v) is 7.03. The van der Waals surface area contributed by atoms with Gasteiger partial charge in [0.15, 0.2) is 0 Å². The largest absolute Gasteiger partial charge is 0.497 e. The summed E-state index contributed by atoms with van der Waals surface area (Å²) in [6, 6.07) is 12.8. The van der Waals surface area contributed by atoms with Gasteiger partial charge in [0.2, 0.25) is 0 Å². The highest BCUT2D eigenvalue weighted by molar-refractivity contribution is 7.92. The fourth-order valence-corrected chi connectivity index (χ4v) is 4.51. The van der Waals surface area contributed by atoms with Gasteiger partial charge in [-0.15, -0.1) is 0 Å². The molecule has 1 amide bonds. The van der Waals surface area contributed by atoms with Crippen LogP contribution in [0.4, 0.5) is 5.69 Å². The van der Waals surface area contributed by atoms with Gasteiger partial charge < -0.3 is 14.8 Å². The van der Waals surface area contributed by atoms with Gasteiger partial charge >= 0.3 is 0 Å². The summed E-state index contributed by atoms with van der Waals surface area (Å²) in [6.07, 6.45) is 0.844. The molecule has 9 heteroatoms. The minimum Gasteiger partial charge on any atom is -0.497 e. The van der Waals surface area contributed by atoms with E-state index in [-0.39, 0.29) is 10.8 Å². The molecule has 1 N–H and O–H groups in total. The van der Waals surface area contributed by atoms with Gasteiger partial charge in [-0.25, -0.2) is 8.42 Å². The van der Waals surface area contributed by atoms with Crippen LogP contribution in [0.5, 0.6) is 5.75 Å². The number of carbonyl (C=O) groups excluding carboxylic acids is 1. The van der Waals surface area contributed by atoms with Crippen LogP contribution in [0.1, 0.15) is 16.8 Å². The van der Waals surface area contributed by atoms with Crippen molar-refractivity contribution in [3.05, 3.63) is 54.1 Å². The molecular formula is C22H29N3O5S. The monoisotopic (exact) mass is 447 g/mol. The van der Waals surface area contributed by atoms with Crippen molar-refractivity contribution in [3.8, 4) is 5.75 Å². The van der Waals surface area contributed by atoms with E-state index >= 15 is 0 Å². The lowest BCUT2D eigenvalue weighted by Gasteiger charge is -2.26. The number of amides is 1. The number of benzene rings is 2. The van der Waals surface area contributed by atoms with Crippen LogP contribution in [0.2, 0.25) is 0 Å². The molecule has 1 heterocycles. The van der Waals surface area contributed by atoms with Crippen LogP contribution >= 0.6 is 0 Å². The summed E-state index contributed by atoms with van der Waals surface area (Å²) >= 11 is 0. The van der Waals surface area contributed by atoms with Crippen molar-refractivity contribution in [1.82, 2.24) is 10.2 Å². The molecule has 0 spiro atoms. The number of hydrogen-bond acceptors (Lipinski definition) is 6. The quantitative estimate of drug-likeness (QED) is 0.592. The molecule has 168 valence electrons. The standard InChI is InChI=1S/C22H29N3O5S/c1-24(31(27,28)21-9-7-20(29-2)8-10-21)19-6-3-5-18(17-19)22(26)23-11-4-12-25-13-15-30-16-14-25/h3,5-10,17H,4,11-16H2,1-2H3,(H,23,26). The Bertz CT molecular complexity index is 973. The maximum atomic E-state index is 12.9. The molecule has 3 rings (SSSR count). The number of ether oxygens (including phenoxy) is 2. The molecule has 0 saturated carbocycles. The number of nitrogens with one attached hydrogen (secondary N) is 1. The lowest BCUT2D eigenvalue weighted by atomic mass is 10.2. The number of sulfonamides is 1. The van der Waals surface area contributed by atoms with Crippen molar-refractivity contribution in [2.24, 2.45) is 0 Å². The first kappa shape index (κ1) is 23.1. The summed E-state index contributed by atoms with van der Waals surface area (Å²) in [7, 11) is -0.769. The van der Waals surface area contributed by atoms with Crippen LogP contribution in [0.25, 0.3) is 0 Å². The van der Waals surface area contributed by atoms with Crippen molar-refractivity contribution in [1.29, 1.82) is 0 Å². The van der Waals surface area contributed by atoms with E-state index in [0.717, 1.165) is 39.3 Å². The average Bonchev–Trinajstić information content (AvgIpc) is 2.82. The smallest absolute Gasteiger partial charge is 0.264 e. The minimum atomic E-state index is -3.76. The first-order chi connectivity index (χ1) is 14.9. The Morgan fingerprint density at radius 3 is 2.55 bits per heavy atom. The van der Waals surface area contributed by atoms with E-state index in [2.05, 4.69) is 10.2 Å². The zero-order chi connectivity index (χ0) is 22.3. The number of hydrogen-bond donors (Lipinski definition) is 1. The normalized spacial score (nSPS) is 14.8. The Morgan fingerprint density at radius 1 is 1.16 bits per heavy atom. The molecule has 1 saturated heterocycles. The minimum absolute atomic E-state index is 0.147.